The minimum absolute atomic E-state index is 0.381. The van der Waals surface area contributed by atoms with Gasteiger partial charge in [0.2, 0.25) is 0 Å². The van der Waals surface area contributed by atoms with Crippen molar-refractivity contribution in [3.63, 3.8) is 0 Å². The van der Waals surface area contributed by atoms with Crippen LogP contribution in [-0.4, -0.2) is 9.21 Å². The standard InChI is InChI=1S/C36H35N8O6P3/c37-26-6-16-32(17-7-26)45-43-51(47-33-18-8-27(38)9-19-33)42-53(49-35-22-12-29(40)13-23-35,50-36-24-14-30(41)15-25-36)44(46-31-4-2-1-3-5-31)52(43)48-34-20-10-28(39)11-21-34/h1-25H,37-41H2. The summed E-state index contributed by atoms with van der Waals surface area (Å²) in [6.07, 6.45) is 0. The van der Waals surface area contributed by atoms with Crippen molar-refractivity contribution in [3.05, 3.63) is 152 Å². The molecule has 17 heteroatoms. The van der Waals surface area contributed by atoms with Gasteiger partial charge in [0.05, 0.1) is 0 Å². The molecule has 0 fully saturated rings. The van der Waals surface area contributed by atoms with Crippen molar-refractivity contribution >= 4 is 53.0 Å². The molecule has 7 rings (SSSR count). The smallest absolute Gasteiger partial charge is 0.440 e. The van der Waals surface area contributed by atoms with E-state index in [1.54, 1.807) is 133 Å². The lowest BCUT2D eigenvalue weighted by Gasteiger charge is -2.43. The molecular formula is C36H35N8O6P3. The first-order chi connectivity index (χ1) is 25.7. The normalized spacial score (nSPS) is 16.8. The SMILES string of the molecule is Nc1ccc(ON2P(Oc3ccc(N)cc3)N=P(Oc3ccc(N)cc3)(Oc3ccc(N)cc3)N(Oc3ccccc3)P2Oc2ccc(N)cc2)cc1. The largest absolute Gasteiger partial charge is 0.447 e. The maximum Gasteiger partial charge on any atom is 0.447 e. The molecule has 2 atom stereocenters. The summed E-state index contributed by atoms with van der Waals surface area (Å²) >= 11 is 0. The molecule has 1 aliphatic heterocycles. The molecule has 0 radical (unpaired) electrons. The molecule has 1 aliphatic rings. The lowest BCUT2D eigenvalue weighted by atomic mass is 10.3. The second-order valence-electron chi connectivity index (χ2n) is 11.3. The Labute approximate surface area is 308 Å². The first-order valence-electron chi connectivity index (χ1n) is 16.0. The summed E-state index contributed by atoms with van der Waals surface area (Å²) in [5.41, 5.74) is 33.0. The zero-order chi connectivity index (χ0) is 36.8. The number of hydrogen-bond acceptors (Lipinski definition) is 14. The highest BCUT2D eigenvalue weighted by Gasteiger charge is 2.58. The van der Waals surface area contributed by atoms with Gasteiger partial charge in [0.25, 0.3) is 0 Å². The quantitative estimate of drug-likeness (QED) is 0.0582. The summed E-state index contributed by atoms with van der Waals surface area (Å²) in [6.45, 7) is 0. The van der Waals surface area contributed by atoms with Crippen molar-refractivity contribution in [2.24, 2.45) is 4.52 Å². The molecule has 0 spiro atoms. The Hall–Kier alpha value is -5.87. The molecule has 0 aromatic heterocycles. The van der Waals surface area contributed by atoms with E-state index in [4.69, 9.17) is 61.0 Å². The van der Waals surface area contributed by atoms with E-state index in [0.717, 1.165) is 0 Å². The first kappa shape index (κ1) is 35.5. The van der Waals surface area contributed by atoms with Gasteiger partial charge in [0.1, 0.15) is 34.5 Å². The lowest BCUT2D eigenvalue weighted by Crippen LogP contribution is -2.37. The van der Waals surface area contributed by atoms with Gasteiger partial charge in [-0.05, 0) is 133 Å². The van der Waals surface area contributed by atoms with Gasteiger partial charge >= 0.3 is 24.6 Å². The topological polar surface area (TPSA) is 204 Å². The van der Waals surface area contributed by atoms with Crippen molar-refractivity contribution in [3.8, 4) is 34.5 Å². The molecule has 6 aromatic rings. The number of rotatable bonds is 12. The van der Waals surface area contributed by atoms with Crippen LogP contribution in [-0.2, 0) is 0 Å². The molecule has 0 saturated carbocycles. The van der Waals surface area contributed by atoms with E-state index in [0.29, 0.717) is 62.9 Å². The Bertz CT molecular complexity index is 2120. The van der Waals surface area contributed by atoms with Crippen LogP contribution in [0.2, 0.25) is 0 Å². The van der Waals surface area contributed by atoms with E-state index in [2.05, 4.69) is 0 Å². The first-order valence-corrected chi connectivity index (χ1v) is 19.8. The van der Waals surface area contributed by atoms with Crippen LogP contribution in [0.15, 0.2) is 156 Å². The Morgan fingerprint density at radius 1 is 0.415 bits per heavy atom. The van der Waals surface area contributed by atoms with Gasteiger partial charge in [-0.25, -0.2) is 0 Å². The van der Waals surface area contributed by atoms with Crippen molar-refractivity contribution in [1.29, 1.82) is 0 Å². The predicted molar refractivity (Wildman–Crippen MR) is 211 cm³/mol. The number of anilines is 5. The van der Waals surface area contributed by atoms with Gasteiger partial charge < -0.3 is 56.4 Å². The van der Waals surface area contributed by atoms with E-state index >= 15 is 0 Å². The summed E-state index contributed by atoms with van der Waals surface area (Å²) in [7, 11) is -8.43. The Balaban J connectivity index is 1.48. The average molecular weight is 769 g/mol. The summed E-state index contributed by atoms with van der Waals surface area (Å²) in [4.78, 5) is 13.4. The molecule has 1 heterocycles. The van der Waals surface area contributed by atoms with Crippen LogP contribution in [0.1, 0.15) is 0 Å². The fraction of sp³-hybridized carbons (Fsp3) is 0. The van der Waals surface area contributed by atoms with Crippen molar-refractivity contribution in [2.75, 3.05) is 28.7 Å². The third-order valence-corrected chi connectivity index (χ3v) is 14.0. The van der Waals surface area contributed by atoms with Crippen LogP contribution in [0.4, 0.5) is 28.4 Å². The fourth-order valence-corrected chi connectivity index (χ4v) is 12.1. The molecule has 0 saturated heterocycles. The van der Waals surface area contributed by atoms with Crippen LogP contribution in [0, 0.1) is 0 Å². The van der Waals surface area contributed by atoms with E-state index < -0.39 is 24.6 Å². The van der Waals surface area contributed by atoms with Gasteiger partial charge in [-0.3, -0.25) is 0 Å². The average Bonchev–Trinajstić information content (AvgIpc) is 3.16. The summed E-state index contributed by atoms with van der Waals surface area (Å²) in [5.74, 6) is 2.48. The van der Waals surface area contributed by atoms with Crippen LogP contribution in [0.25, 0.3) is 0 Å². The van der Waals surface area contributed by atoms with E-state index in [9.17, 15) is 0 Å². The number of nitrogen functional groups attached to an aromatic ring is 5. The van der Waals surface area contributed by atoms with E-state index in [1.807, 2.05) is 18.2 Å². The highest BCUT2D eigenvalue weighted by molar-refractivity contribution is 7.78. The molecule has 6 aromatic carbocycles. The van der Waals surface area contributed by atoms with Crippen molar-refractivity contribution < 1.29 is 27.8 Å². The molecule has 53 heavy (non-hydrogen) atoms. The van der Waals surface area contributed by atoms with Crippen molar-refractivity contribution in [1.82, 2.24) is 9.21 Å². The second kappa shape index (κ2) is 15.8. The van der Waals surface area contributed by atoms with E-state index in [1.165, 1.54) is 9.21 Å². The number of hydrogen-bond donors (Lipinski definition) is 5. The van der Waals surface area contributed by atoms with Gasteiger partial charge in [0, 0.05) is 37.6 Å². The van der Waals surface area contributed by atoms with Gasteiger partial charge in [-0.1, -0.05) is 18.2 Å². The lowest BCUT2D eigenvalue weighted by molar-refractivity contribution is 0.0546. The zero-order valence-electron chi connectivity index (χ0n) is 28.0. The van der Waals surface area contributed by atoms with E-state index in [-0.39, 0.29) is 0 Å². The van der Waals surface area contributed by atoms with Gasteiger partial charge in [0.15, 0.2) is 0 Å². The van der Waals surface area contributed by atoms with Gasteiger partial charge in [-0.15, -0.1) is 4.52 Å². The Kier molecular flexibility index (Phi) is 10.6. The summed E-state index contributed by atoms with van der Waals surface area (Å²) < 4.78 is 35.5. The molecule has 2 unspecified atom stereocenters. The molecule has 14 nitrogen and oxygen atoms in total. The maximum atomic E-state index is 6.88. The second-order valence-corrected chi connectivity index (χ2v) is 16.8. The van der Waals surface area contributed by atoms with Crippen LogP contribution in [0.5, 0.6) is 34.5 Å². The predicted octanol–water partition coefficient (Wildman–Crippen LogP) is 9.22. The molecule has 0 bridgehead atoms. The molecule has 0 amide bonds. The van der Waals surface area contributed by atoms with Crippen LogP contribution in [0.3, 0.4) is 0 Å². The highest BCUT2D eigenvalue weighted by atomic mass is 31.3. The minimum atomic E-state index is -3.92. The third kappa shape index (κ3) is 8.78. The highest BCUT2D eigenvalue weighted by Crippen LogP contribution is 2.77. The summed E-state index contributed by atoms with van der Waals surface area (Å²) in [5, 5.41) is 0. The Morgan fingerprint density at radius 2 is 0.792 bits per heavy atom. The third-order valence-electron chi connectivity index (χ3n) is 7.19. The molecule has 270 valence electrons. The summed E-state index contributed by atoms with van der Waals surface area (Å²) in [6, 6.07) is 43.5. The monoisotopic (exact) mass is 768 g/mol. The molecule has 10 N–H and O–H groups in total. The maximum absolute atomic E-state index is 6.88. The number of para-hydroxylation sites is 1. The Morgan fingerprint density at radius 3 is 1.25 bits per heavy atom. The molecular weight excluding hydrogens is 733 g/mol. The zero-order valence-corrected chi connectivity index (χ0v) is 30.6. The number of nitrogens with zero attached hydrogens (tertiary/aromatic N) is 3. The van der Waals surface area contributed by atoms with Gasteiger partial charge in [-0.2, -0.15) is 0 Å². The molecule has 0 aliphatic carbocycles. The fourth-order valence-electron chi connectivity index (χ4n) is 4.57. The van der Waals surface area contributed by atoms with Crippen LogP contribution < -0.4 is 56.4 Å². The van der Waals surface area contributed by atoms with Crippen molar-refractivity contribution in [2.45, 2.75) is 0 Å². The number of nitrogens with two attached hydrogens (primary N) is 5. The minimum Gasteiger partial charge on any atom is -0.440 e. The number of benzene rings is 6. The van der Waals surface area contributed by atoms with Crippen LogP contribution >= 0.6 is 24.6 Å².